The monoisotopic (exact) mass is 225 g/mol. The minimum Gasteiger partial charge on any atom is -0.504 e. The molecule has 0 bridgehead atoms. The van der Waals surface area contributed by atoms with E-state index in [4.69, 9.17) is 0 Å². The van der Waals surface area contributed by atoms with E-state index in [0.29, 0.717) is 0 Å². The molecule has 0 saturated carbocycles. The average Bonchev–Trinajstić information content (AvgIpc) is 2.51. The lowest BCUT2D eigenvalue weighted by Crippen LogP contribution is -2.35. The Morgan fingerprint density at radius 2 is 2.07 bits per heavy atom. The number of phenols is 2. The Morgan fingerprint density at radius 3 is 2.60 bits per heavy atom. The summed E-state index contributed by atoms with van der Waals surface area (Å²) in [6.07, 6.45) is 0. The van der Waals surface area contributed by atoms with Crippen LogP contribution in [0, 0.1) is 0 Å². The lowest BCUT2D eigenvalue weighted by atomic mass is 10.1. The van der Waals surface area contributed by atoms with E-state index in [1.165, 1.54) is 6.07 Å². The van der Waals surface area contributed by atoms with Gasteiger partial charge in [0, 0.05) is 11.3 Å². The molecule has 0 amide bonds. The van der Waals surface area contributed by atoms with Crippen LogP contribution in [0.4, 0.5) is 0 Å². The lowest BCUT2D eigenvalue weighted by Gasteiger charge is -2.19. The molecule has 1 heterocycles. The standard InChI is InChI=1S/C11H15NO2S/c1-11(2)6-15-10(12-11)7-3-4-8(13)9(14)5-7/h3-5,10,12-14H,6H2,1-2H3. The average molecular weight is 225 g/mol. The molecule has 1 aromatic rings. The maximum Gasteiger partial charge on any atom is 0.157 e. The van der Waals surface area contributed by atoms with Crippen molar-refractivity contribution in [1.29, 1.82) is 0 Å². The third kappa shape index (κ3) is 2.21. The van der Waals surface area contributed by atoms with Crippen molar-refractivity contribution in [1.82, 2.24) is 5.32 Å². The van der Waals surface area contributed by atoms with Gasteiger partial charge in [-0.15, -0.1) is 11.8 Å². The number of rotatable bonds is 1. The summed E-state index contributed by atoms with van der Waals surface area (Å²) in [4.78, 5) is 0. The number of hydrogen-bond donors (Lipinski definition) is 3. The van der Waals surface area contributed by atoms with Crippen LogP contribution in [-0.2, 0) is 0 Å². The fourth-order valence-corrected chi connectivity index (χ4v) is 3.02. The molecule has 3 N–H and O–H groups in total. The molecule has 4 heteroatoms. The van der Waals surface area contributed by atoms with Crippen molar-refractivity contribution >= 4 is 11.8 Å². The van der Waals surface area contributed by atoms with E-state index in [1.54, 1.807) is 6.07 Å². The summed E-state index contributed by atoms with van der Waals surface area (Å²) in [5.41, 5.74) is 1.13. The maximum absolute atomic E-state index is 9.40. The van der Waals surface area contributed by atoms with Crippen molar-refractivity contribution in [3.8, 4) is 11.5 Å². The third-order valence-corrected chi connectivity index (χ3v) is 4.05. The lowest BCUT2D eigenvalue weighted by molar-refractivity contribution is 0.401. The Morgan fingerprint density at radius 1 is 1.33 bits per heavy atom. The summed E-state index contributed by atoms with van der Waals surface area (Å²) >= 11 is 1.81. The molecule has 1 aromatic carbocycles. The zero-order valence-corrected chi connectivity index (χ0v) is 9.64. The zero-order chi connectivity index (χ0) is 11.1. The molecule has 0 radical (unpaired) electrons. The largest absolute Gasteiger partial charge is 0.504 e. The summed E-state index contributed by atoms with van der Waals surface area (Å²) in [6.45, 7) is 4.31. The first kappa shape index (κ1) is 10.6. The molecule has 1 saturated heterocycles. The Balaban J connectivity index is 2.21. The quantitative estimate of drug-likeness (QED) is 0.641. The van der Waals surface area contributed by atoms with Crippen LogP contribution in [0.1, 0.15) is 24.8 Å². The van der Waals surface area contributed by atoms with Crippen molar-refractivity contribution in [3.63, 3.8) is 0 Å². The normalized spacial score (nSPS) is 24.3. The smallest absolute Gasteiger partial charge is 0.157 e. The first-order chi connectivity index (χ1) is 6.98. The number of benzene rings is 1. The first-order valence-electron chi connectivity index (χ1n) is 4.89. The second-order valence-corrected chi connectivity index (χ2v) is 5.56. The minimum atomic E-state index is -0.0685. The van der Waals surface area contributed by atoms with Crippen LogP contribution in [0.15, 0.2) is 18.2 Å². The zero-order valence-electron chi connectivity index (χ0n) is 8.82. The Labute approximate surface area is 93.5 Å². The fraction of sp³-hybridized carbons (Fsp3) is 0.455. The number of nitrogens with one attached hydrogen (secondary N) is 1. The van der Waals surface area contributed by atoms with Gasteiger partial charge in [0.05, 0.1) is 5.37 Å². The highest BCUT2D eigenvalue weighted by atomic mass is 32.2. The van der Waals surface area contributed by atoms with Crippen LogP contribution in [0.2, 0.25) is 0 Å². The van der Waals surface area contributed by atoms with Crippen LogP contribution < -0.4 is 5.32 Å². The number of thioether (sulfide) groups is 1. The van der Waals surface area contributed by atoms with Gasteiger partial charge in [-0.1, -0.05) is 6.07 Å². The van der Waals surface area contributed by atoms with E-state index >= 15 is 0 Å². The molecular weight excluding hydrogens is 210 g/mol. The second kappa shape index (κ2) is 3.61. The highest BCUT2D eigenvalue weighted by Gasteiger charge is 2.31. The number of phenolic OH excluding ortho intramolecular Hbond substituents is 2. The Bertz CT molecular complexity index is 379. The SMILES string of the molecule is CC1(C)CSC(c2ccc(O)c(O)c2)N1. The molecular formula is C11H15NO2S. The van der Waals surface area contributed by atoms with Gasteiger partial charge in [-0.3, -0.25) is 5.32 Å². The van der Waals surface area contributed by atoms with E-state index in [1.807, 2.05) is 17.8 Å². The molecule has 1 fully saturated rings. The van der Waals surface area contributed by atoms with Gasteiger partial charge in [0.2, 0.25) is 0 Å². The van der Waals surface area contributed by atoms with Crippen molar-refractivity contribution in [3.05, 3.63) is 23.8 Å². The van der Waals surface area contributed by atoms with Gasteiger partial charge < -0.3 is 10.2 Å². The van der Waals surface area contributed by atoms with Crippen LogP contribution >= 0.6 is 11.8 Å². The van der Waals surface area contributed by atoms with Crippen molar-refractivity contribution in [2.75, 3.05) is 5.75 Å². The van der Waals surface area contributed by atoms with Gasteiger partial charge in [0.25, 0.3) is 0 Å². The van der Waals surface area contributed by atoms with Gasteiger partial charge in [0.15, 0.2) is 11.5 Å². The Kier molecular flexibility index (Phi) is 2.56. The van der Waals surface area contributed by atoms with E-state index in [0.717, 1.165) is 11.3 Å². The highest BCUT2D eigenvalue weighted by Crippen LogP contribution is 2.39. The molecule has 1 atom stereocenters. The fourth-order valence-electron chi connectivity index (χ4n) is 1.61. The summed E-state index contributed by atoms with van der Waals surface area (Å²) in [5, 5.41) is 22.3. The molecule has 15 heavy (non-hydrogen) atoms. The highest BCUT2D eigenvalue weighted by molar-refractivity contribution is 7.99. The Hall–Kier alpha value is -0.870. The summed E-state index contributed by atoms with van der Waals surface area (Å²) in [6, 6.07) is 4.97. The topological polar surface area (TPSA) is 52.5 Å². The van der Waals surface area contributed by atoms with E-state index in [2.05, 4.69) is 19.2 Å². The van der Waals surface area contributed by atoms with Crippen molar-refractivity contribution < 1.29 is 10.2 Å². The van der Waals surface area contributed by atoms with Crippen LogP contribution in [0.5, 0.6) is 11.5 Å². The van der Waals surface area contributed by atoms with Gasteiger partial charge in [-0.25, -0.2) is 0 Å². The van der Waals surface area contributed by atoms with Gasteiger partial charge in [-0.05, 0) is 31.5 Å². The van der Waals surface area contributed by atoms with Crippen LogP contribution in [-0.4, -0.2) is 21.5 Å². The summed E-state index contributed by atoms with van der Waals surface area (Å²) in [7, 11) is 0. The van der Waals surface area contributed by atoms with Crippen LogP contribution in [0.3, 0.4) is 0 Å². The van der Waals surface area contributed by atoms with Gasteiger partial charge >= 0.3 is 0 Å². The minimum absolute atomic E-state index is 0.0559. The van der Waals surface area contributed by atoms with Crippen molar-refractivity contribution in [2.24, 2.45) is 0 Å². The predicted octanol–water partition coefficient (Wildman–Crippen LogP) is 2.21. The van der Waals surface area contributed by atoms with E-state index in [9.17, 15) is 10.2 Å². The first-order valence-corrected chi connectivity index (χ1v) is 5.94. The molecule has 2 rings (SSSR count). The predicted molar refractivity (Wildman–Crippen MR) is 62.2 cm³/mol. The molecule has 0 spiro atoms. The van der Waals surface area contributed by atoms with E-state index in [-0.39, 0.29) is 22.4 Å². The number of hydrogen-bond acceptors (Lipinski definition) is 4. The van der Waals surface area contributed by atoms with Gasteiger partial charge in [0.1, 0.15) is 0 Å². The maximum atomic E-state index is 9.40. The number of aromatic hydroxyl groups is 2. The molecule has 0 aliphatic carbocycles. The molecule has 1 aliphatic rings. The van der Waals surface area contributed by atoms with Crippen LogP contribution in [0.25, 0.3) is 0 Å². The molecule has 82 valence electrons. The van der Waals surface area contributed by atoms with Crippen molar-refractivity contribution in [2.45, 2.75) is 24.8 Å². The van der Waals surface area contributed by atoms with Gasteiger partial charge in [-0.2, -0.15) is 0 Å². The molecule has 1 aliphatic heterocycles. The molecule has 0 aromatic heterocycles. The summed E-state index contributed by atoms with van der Waals surface area (Å²) in [5.74, 6) is 0.917. The molecule has 3 nitrogen and oxygen atoms in total. The molecule has 1 unspecified atom stereocenters. The van der Waals surface area contributed by atoms with E-state index < -0.39 is 0 Å². The second-order valence-electron chi connectivity index (χ2n) is 4.47. The third-order valence-electron chi connectivity index (χ3n) is 2.43. The summed E-state index contributed by atoms with van der Waals surface area (Å²) < 4.78 is 0.